The van der Waals surface area contributed by atoms with Crippen molar-refractivity contribution in [2.45, 2.75) is 11.0 Å². The second-order valence-corrected chi connectivity index (χ2v) is 12.5. The first-order chi connectivity index (χ1) is 10.7. The number of sulfonamides is 1. The molecule has 0 saturated carbocycles. The maximum Gasteiger partial charge on any atom is 0.518 e. The van der Waals surface area contributed by atoms with Crippen LogP contribution in [0.15, 0.2) is 4.15 Å². The van der Waals surface area contributed by atoms with E-state index in [0.29, 0.717) is 4.67 Å². The van der Waals surface area contributed by atoms with Gasteiger partial charge in [0.2, 0.25) is 0 Å². The molecular weight excluding hydrogens is 425 g/mol. The molecule has 0 aromatic carbocycles. The summed E-state index contributed by atoms with van der Waals surface area (Å²) in [5.41, 5.74) is -11.5. The normalized spacial score (nSPS) is 15.3. The Balaban J connectivity index is 6.60. The van der Waals surface area contributed by atoms with Crippen molar-refractivity contribution in [2.75, 3.05) is 41.1 Å². The highest BCUT2D eigenvalue weighted by Gasteiger charge is 2.51. The summed E-state index contributed by atoms with van der Waals surface area (Å²) in [5.74, 6) is -1.78. The van der Waals surface area contributed by atoms with E-state index < -0.39 is 44.3 Å². The zero-order valence-corrected chi connectivity index (χ0v) is 16.2. The van der Waals surface area contributed by atoms with Crippen LogP contribution in [0.5, 0.6) is 0 Å². The molecule has 0 spiro atoms. The minimum absolute atomic E-state index is 0.332. The van der Waals surface area contributed by atoms with Gasteiger partial charge in [-0.3, -0.25) is 9.34 Å². The number of halogens is 6. The molecule has 0 saturated heterocycles. The van der Waals surface area contributed by atoms with Crippen molar-refractivity contribution in [3.63, 3.8) is 0 Å². The molecule has 0 aromatic heterocycles. The summed E-state index contributed by atoms with van der Waals surface area (Å²) in [5, 5.41) is 0. The summed E-state index contributed by atoms with van der Waals surface area (Å²) in [6.45, 7) is 0. The van der Waals surface area contributed by atoms with Gasteiger partial charge >= 0.3 is 21.0 Å². The molecule has 0 aliphatic rings. The van der Waals surface area contributed by atoms with Gasteiger partial charge < -0.3 is 0 Å². The van der Waals surface area contributed by atoms with Crippen molar-refractivity contribution >= 4 is 27.4 Å². The molecule has 0 aliphatic heterocycles. The van der Waals surface area contributed by atoms with Gasteiger partial charge in [0.1, 0.15) is 5.88 Å². The molecular formula is C8H17F6N4O4PS2. The monoisotopic (exact) mass is 442 g/mol. The molecule has 0 N–H and O–H groups in total. The average Bonchev–Trinajstić information content (AvgIpc) is 2.31. The van der Waals surface area contributed by atoms with E-state index in [1.165, 1.54) is 0 Å². The fourth-order valence-electron chi connectivity index (χ4n) is 1.76. The average molecular weight is 442 g/mol. The third-order valence-corrected chi connectivity index (χ3v) is 9.90. The van der Waals surface area contributed by atoms with Crippen molar-refractivity contribution in [3.8, 4) is 0 Å². The largest absolute Gasteiger partial charge is 0.518 e. The van der Waals surface area contributed by atoms with Crippen molar-refractivity contribution in [1.29, 1.82) is 0 Å². The Morgan fingerprint density at radius 1 is 0.800 bits per heavy atom. The van der Waals surface area contributed by atoms with Gasteiger partial charge in [0.05, 0.1) is 0 Å². The second-order valence-electron chi connectivity index (χ2n) is 5.08. The topological polar surface area (TPSA) is 90.4 Å². The highest BCUT2D eigenvalue weighted by molar-refractivity contribution is 7.95. The Morgan fingerprint density at radius 3 is 1.40 bits per heavy atom. The Hall–Kier alpha value is -0.410. The highest BCUT2D eigenvalue weighted by atomic mass is 32.2. The van der Waals surface area contributed by atoms with Gasteiger partial charge in [-0.25, -0.2) is 13.1 Å². The molecule has 0 fully saturated rings. The fourth-order valence-corrected chi connectivity index (χ4v) is 8.61. The molecule has 152 valence electrons. The van der Waals surface area contributed by atoms with Crippen molar-refractivity contribution in [1.82, 2.24) is 14.0 Å². The maximum absolute atomic E-state index is 12.7. The molecule has 0 radical (unpaired) electrons. The number of hydrogen-bond donors (Lipinski definition) is 0. The lowest BCUT2D eigenvalue weighted by atomic mass is 11.2. The van der Waals surface area contributed by atoms with Crippen molar-refractivity contribution in [3.05, 3.63) is 0 Å². The standard InChI is InChI=1S/C8H17F6N4O4PS2/c1-16(2)23(17(3)4,15-25(21,22)8(12,13)14)18(5)6-24(19,20)7(9,10)11/h6H2,1-5H3. The van der Waals surface area contributed by atoms with Gasteiger partial charge in [-0.05, 0) is 35.2 Å². The number of sulfone groups is 1. The Morgan fingerprint density at radius 2 is 1.16 bits per heavy atom. The first kappa shape index (κ1) is 24.6. The lowest BCUT2D eigenvalue weighted by Gasteiger charge is -2.41. The van der Waals surface area contributed by atoms with E-state index in [9.17, 15) is 43.2 Å². The first-order valence-electron chi connectivity index (χ1n) is 6.03. The highest BCUT2D eigenvalue weighted by Crippen LogP contribution is 2.58. The molecule has 0 aliphatic carbocycles. The molecule has 17 heteroatoms. The Kier molecular flexibility index (Phi) is 7.19. The van der Waals surface area contributed by atoms with Gasteiger partial charge in [-0.15, -0.1) is 4.15 Å². The smallest absolute Gasteiger partial charge is 0.251 e. The summed E-state index contributed by atoms with van der Waals surface area (Å²) in [7, 11) is -11.0. The minimum atomic E-state index is -6.11. The molecule has 0 bridgehead atoms. The predicted octanol–water partition coefficient (Wildman–Crippen LogP) is 1.73. The Labute approximate surface area is 141 Å². The van der Waals surface area contributed by atoms with Crippen LogP contribution in [0, 0.1) is 0 Å². The lowest BCUT2D eigenvalue weighted by molar-refractivity contribution is -0.0446. The summed E-state index contributed by atoms with van der Waals surface area (Å²) in [6, 6.07) is 0. The van der Waals surface area contributed by atoms with Crippen LogP contribution in [0.3, 0.4) is 0 Å². The number of hydrogen-bond acceptors (Lipinski definition) is 4. The lowest BCUT2D eigenvalue weighted by Crippen LogP contribution is -2.40. The molecule has 0 rings (SSSR count). The van der Waals surface area contributed by atoms with Gasteiger partial charge in [-0.2, -0.15) is 34.8 Å². The van der Waals surface area contributed by atoms with E-state index in [1.54, 1.807) is 0 Å². The summed E-state index contributed by atoms with van der Waals surface area (Å²) in [4.78, 5) is 0. The van der Waals surface area contributed by atoms with E-state index in [1.807, 2.05) is 0 Å². The molecule has 0 amide bonds. The van der Waals surface area contributed by atoms with Crippen LogP contribution in [0.25, 0.3) is 0 Å². The van der Waals surface area contributed by atoms with E-state index in [0.717, 1.165) is 44.6 Å². The van der Waals surface area contributed by atoms with Gasteiger partial charge in [0, 0.05) is 0 Å². The third-order valence-electron chi connectivity index (χ3n) is 2.75. The number of alkyl halides is 6. The van der Waals surface area contributed by atoms with Crippen LogP contribution >= 0.6 is 7.51 Å². The third kappa shape index (κ3) is 5.07. The summed E-state index contributed by atoms with van der Waals surface area (Å²) < 4.78 is 126. The molecule has 0 unspecified atom stereocenters. The van der Waals surface area contributed by atoms with Gasteiger partial charge in [0.15, 0.2) is 7.51 Å². The van der Waals surface area contributed by atoms with Gasteiger partial charge in [0.25, 0.3) is 9.84 Å². The minimum Gasteiger partial charge on any atom is -0.251 e. The van der Waals surface area contributed by atoms with E-state index >= 15 is 0 Å². The van der Waals surface area contributed by atoms with Crippen LogP contribution < -0.4 is 0 Å². The number of nitrogens with zero attached hydrogens (tertiary/aromatic N) is 4. The zero-order valence-electron chi connectivity index (χ0n) is 13.7. The number of rotatable bonds is 6. The zero-order chi connectivity index (χ0) is 20.6. The SMILES string of the molecule is CN(C)P(=NS(=O)(=O)C(F)(F)F)(N(C)C)N(C)CS(=O)(=O)C(F)(F)F. The summed E-state index contributed by atoms with van der Waals surface area (Å²) in [6.07, 6.45) is 0. The van der Waals surface area contributed by atoms with E-state index in [4.69, 9.17) is 0 Å². The van der Waals surface area contributed by atoms with Crippen LogP contribution in [-0.2, 0) is 19.9 Å². The fraction of sp³-hybridized carbons (Fsp3) is 1.00. The molecule has 0 atom stereocenters. The first-order valence-corrected chi connectivity index (χ1v) is 10.7. The maximum atomic E-state index is 12.7. The molecule has 0 heterocycles. The molecule has 8 nitrogen and oxygen atoms in total. The van der Waals surface area contributed by atoms with Crippen molar-refractivity contribution < 1.29 is 43.2 Å². The van der Waals surface area contributed by atoms with Gasteiger partial charge in [-0.1, -0.05) is 0 Å². The van der Waals surface area contributed by atoms with Crippen LogP contribution in [-0.4, -0.2) is 83.0 Å². The van der Waals surface area contributed by atoms with Crippen LogP contribution in [0.2, 0.25) is 0 Å². The summed E-state index contributed by atoms with van der Waals surface area (Å²) >= 11 is 0. The van der Waals surface area contributed by atoms with Crippen molar-refractivity contribution in [2.24, 2.45) is 4.15 Å². The quantitative estimate of drug-likeness (QED) is 0.457. The van der Waals surface area contributed by atoms with E-state index in [-0.39, 0.29) is 0 Å². The van der Waals surface area contributed by atoms with Crippen LogP contribution in [0.1, 0.15) is 0 Å². The molecule has 0 aromatic rings. The predicted molar refractivity (Wildman–Crippen MR) is 79.3 cm³/mol. The Bertz CT molecular complexity index is 732. The van der Waals surface area contributed by atoms with Crippen LogP contribution in [0.4, 0.5) is 26.3 Å². The second kappa shape index (κ2) is 7.31. The van der Waals surface area contributed by atoms with E-state index in [2.05, 4.69) is 4.15 Å². The molecule has 25 heavy (non-hydrogen) atoms.